The van der Waals surface area contributed by atoms with Crippen molar-refractivity contribution in [2.24, 2.45) is 0 Å². The van der Waals surface area contributed by atoms with E-state index in [-0.39, 0.29) is 0 Å². The SMILES string of the molecule is CNC(COc1ccccc1)Cc1sccc1Br. The van der Waals surface area contributed by atoms with Gasteiger partial charge in [0.25, 0.3) is 0 Å². The molecular formula is C14H16BrNOS. The van der Waals surface area contributed by atoms with Crippen molar-refractivity contribution < 1.29 is 4.74 Å². The van der Waals surface area contributed by atoms with E-state index in [2.05, 4.69) is 32.7 Å². The number of halogens is 1. The average molecular weight is 326 g/mol. The summed E-state index contributed by atoms with van der Waals surface area (Å²) in [5.74, 6) is 0.919. The number of thiophene rings is 1. The van der Waals surface area contributed by atoms with Crippen molar-refractivity contribution >= 4 is 27.3 Å². The Labute approximate surface area is 120 Å². The van der Waals surface area contributed by atoms with Crippen molar-refractivity contribution in [3.05, 3.63) is 51.1 Å². The Morgan fingerprint density at radius 1 is 1.28 bits per heavy atom. The molecule has 2 aromatic rings. The summed E-state index contributed by atoms with van der Waals surface area (Å²) in [4.78, 5) is 1.35. The van der Waals surface area contributed by atoms with Gasteiger partial charge in [0.1, 0.15) is 12.4 Å². The summed E-state index contributed by atoms with van der Waals surface area (Å²) >= 11 is 5.33. The minimum Gasteiger partial charge on any atom is -0.492 e. The minimum atomic E-state index is 0.320. The number of likely N-dealkylation sites (N-methyl/N-ethyl adjacent to an activating group) is 1. The van der Waals surface area contributed by atoms with Gasteiger partial charge in [-0.2, -0.15) is 0 Å². The number of para-hydroxylation sites is 1. The number of rotatable bonds is 6. The van der Waals surface area contributed by atoms with Crippen LogP contribution in [-0.4, -0.2) is 19.7 Å². The molecule has 0 saturated carbocycles. The molecule has 0 amide bonds. The summed E-state index contributed by atoms with van der Waals surface area (Å²) in [6.45, 7) is 0.671. The van der Waals surface area contributed by atoms with E-state index in [1.165, 1.54) is 9.35 Å². The van der Waals surface area contributed by atoms with Crippen LogP contribution in [0.15, 0.2) is 46.3 Å². The summed E-state index contributed by atoms with van der Waals surface area (Å²) in [7, 11) is 1.97. The molecule has 1 atom stereocenters. The summed E-state index contributed by atoms with van der Waals surface area (Å²) in [6.07, 6.45) is 0.974. The third-order valence-corrected chi connectivity index (χ3v) is 4.67. The molecular weight excluding hydrogens is 310 g/mol. The van der Waals surface area contributed by atoms with Crippen LogP contribution in [0.1, 0.15) is 4.88 Å². The predicted octanol–water partition coefficient (Wildman–Crippen LogP) is 3.72. The molecule has 2 nitrogen and oxygen atoms in total. The van der Waals surface area contributed by atoms with Crippen LogP contribution in [0.3, 0.4) is 0 Å². The van der Waals surface area contributed by atoms with Gasteiger partial charge >= 0.3 is 0 Å². The van der Waals surface area contributed by atoms with Crippen molar-refractivity contribution in [3.63, 3.8) is 0 Å². The van der Waals surface area contributed by atoms with Crippen LogP contribution in [-0.2, 0) is 6.42 Å². The second kappa shape index (κ2) is 6.92. The van der Waals surface area contributed by atoms with Gasteiger partial charge in [-0.3, -0.25) is 0 Å². The van der Waals surface area contributed by atoms with E-state index in [0.717, 1.165) is 12.2 Å². The minimum absolute atomic E-state index is 0.320. The Morgan fingerprint density at radius 2 is 2.06 bits per heavy atom. The molecule has 1 unspecified atom stereocenters. The third-order valence-electron chi connectivity index (χ3n) is 2.73. The average Bonchev–Trinajstić information content (AvgIpc) is 2.81. The first-order valence-corrected chi connectivity index (χ1v) is 7.54. The first-order chi connectivity index (χ1) is 8.79. The molecule has 96 valence electrons. The maximum Gasteiger partial charge on any atom is 0.119 e. The van der Waals surface area contributed by atoms with Crippen molar-refractivity contribution in [1.29, 1.82) is 0 Å². The van der Waals surface area contributed by atoms with E-state index in [0.29, 0.717) is 12.6 Å². The molecule has 0 saturated heterocycles. The lowest BCUT2D eigenvalue weighted by atomic mass is 10.2. The van der Waals surface area contributed by atoms with E-state index < -0.39 is 0 Å². The third kappa shape index (κ3) is 3.83. The Bertz CT molecular complexity index is 472. The van der Waals surface area contributed by atoms with Crippen molar-refractivity contribution in [2.75, 3.05) is 13.7 Å². The lowest BCUT2D eigenvalue weighted by molar-refractivity contribution is 0.270. The fourth-order valence-electron chi connectivity index (χ4n) is 1.65. The molecule has 0 aliphatic heterocycles. The monoisotopic (exact) mass is 325 g/mol. The maximum atomic E-state index is 5.77. The van der Waals surface area contributed by atoms with E-state index in [9.17, 15) is 0 Å². The van der Waals surface area contributed by atoms with E-state index in [4.69, 9.17) is 4.74 Å². The second-order valence-corrected chi connectivity index (χ2v) is 5.86. The molecule has 0 aliphatic carbocycles. The van der Waals surface area contributed by atoms with Gasteiger partial charge in [0.2, 0.25) is 0 Å². The number of benzene rings is 1. The lowest BCUT2D eigenvalue weighted by Gasteiger charge is -2.16. The highest BCUT2D eigenvalue weighted by molar-refractivity contribution is 9.10. The standard InChI is InChI=1S/C14H16BrNOS/c1-16-11(9-14-13(15)7-8-18-14)10-17-12-5-3-2-4-6-12/h2-8,11,16H,9-10H2,1H3. The predicted molar refractivity (Wildman–Crippen MR) is 80.5 cm³/mol. The van der Waals surface area contributed by atoms with E-state index in [1.807, 2.05) is 37.4 Å². The number of hydrogen-bond acceptors (Lipinski definition) is 3. The lowest BCUT2D eigenvalue weighted by Crippen LogP contribution is -2.33. The molecule has 1 aromatic carbocycles. The second-order valence-electron chi connectivity index (χ2n) is 4.01. The van der Waals surface area contributed by atoms with Crippen LogP contribution < -0.4 is 10.1 Å². The van der Waals surface area contributed by atoms with Gasteiger partial charge in [-0.15, -0.1) is 11.3 Å². The van der Waals surface area contributed by atoms with E-state index >= 15 is 0 Å². The van der Waals surface area contributed by atoms with Crippen LogP contribution >= 0.6 is 27.3 Å². The number of ether oxygens (including phenoxy) is 1. The van der Waals surface area contributed by atoms with Crippen molar-refractivity contribution in [2.45, 2.75) is 12.5 Å². The van der Waals surface area contributed by atoms with Crippen molar-refractivity contribution in [3.8, 4) is 5.75 Å². The molecule has 0 radical (unpaired) electrons. The van der Waals surface area contributed by atoms with Crippen molar-refractivity contribution in [1.82, 2.24) is 5.32 Å². The van der Waals surface area contributed by atoms with Gasteiger partial charge in [-0.05, 0) is 46.6 Å². The highest BCUT2D eigenvalue weighted by Gasteiger charge is 2.11. The van der Waals surface area contributed by atoms with Gasteiger partial charge in [0, 0.05) is 21.8 Å². The Morgan fingerprint density at radius 3 is 2.67 bits per heavy atom. The van der Waals surface area contributed by atoms with Gasteiger partial charge in [0.15, 0.2) is 0 Å². The first-order valence-electron chi connectivity index (χ1n) is 5.86. The molecule has 0 spiro atoms. The largest absolute Gasteiger partial charge is 0.492 e. The van der Waals surface area contributed by atoms with Crippen LogP contribution in [0, 0.1) is 0 Å². The Kier molecular flexibility index (Phi) is 5.23. The number of hydrogen-bond donors (Lipinski definition) is 1. The Balaban J connectivity index is 1.88. The zero-order valence-corrected chi connectivity index (χ0v) is 12.6. The highest BCUT2D eigenvalue weighted by atomic mass is 79.9. The molecule has 1 N–H and O–H groups in total. The molecule has 18 heavy (non-hydrogen) atoms. The Hall–Kier alpha value is -0.840. The molecule has 0 bridgehead atoms. The van der Waals surface area contributed by atoms with Gasteiger partial charge in [-0.1, -0.05) is 18.2 Å². The summed E-state index contributed by atoms with van der Waals surface area (Å²) in [5, 5.41) is 5.40. The quantitative estimate of drug-likeness (QED) is 0.874. The smallest absolute Gasteiger partial charge is 0.119 e. The van der Waals surface area contributed by atoms with Gasteiger partial charge in [0.05, 0.1) is 0 Å². The zero-order chi connectivity index (χ0) is 12.8. The van der Waals surface area contributed by atoms with Crippen LogP contribution in [0.4, 0.5) is 0 Å². The summed E-state index contributed by atoms with van der Waals surface area (Å²) < 4.78 is 6.96. The van der Waals surface area contributed by atoms with Crippen LogP contribution in [0.2, 0.25) is 0 Å². The topological polar surface area (TPSA) is 21.3 Å². The zero-order valence-electron chi connectivity index (χ0n) is 10.2. The number of nitrogens with one attached hydrogen (secondary N) is 1. The first kappa shape index (κ1) is 13.6. The molecule has 1 heterocycles. The fourth-order valence-corrected chi connectivity index (χ4v) is 3.25. The van der Waals surface area contributed by atoms with E-state index in [1.54, 1.807) is 11.3 Å². The highest BCUT2D eigenvalue weighted by Crippen LogP contribution is 2.24. The molecule has 0 fully saturated rings. The summed E-state index contributed by atoms with van der Waals surface area (Å²) in [6, 6.07) is 12.3. The fraction of sp³-hybridized carbons (Fsp3) is 0.286. The molecule has 4 heteroatoms. The van der Waals surface area contributed by atoms with Crippen LogP contribution in [0.5, 0.6) is 5.75 Å². The van der Waals surface area contributed by atoms with Gasteiger partial charge < -0.3 is 10.1 Å². The van der Waals surface area contributed by atoms with Gasteiger partial charge in [-0.25, -0.2) is 0 Å². The summed E-state index contributed by atoms with van der Waals surface area (Å²) in [5.41, 5.74) is 0. The molecule has 0 aliphatic rings. The maximum absolute atomic E-state index is 5.77. The molecule has 1 aromatic heterocycles. The van der Waals surface area contributed by atoms with Crippen LogP contribution in [0.25, 0.3) is 0 Å². The normalized spacial score (nSPS) is 12.3. The molecule has 2 rings (SSSR count).